The summed E-state index contributed by atoms with van der Waals surface area (Å²) in [4.78, 5) is 0. The number of anilines is 1. The second-order valence-corrected chi connectivity index (χ2v) is 3.63. The molecule has 0 aliphatic carbocycles. The van der Waals surface area contributed by atoms with Gasteiger partial charge in [-0.3, -0.25) is 0 Å². The highest BCUT2D eigenvalue weighted by molar-refractivity contribution is 6.31. The van der Waals surface area contributed by atoms with Crippen LogP contribution in [0.15, 0.2) is 22.7 Å². The van der Waals surface area contributed by atoms with Gasteiger partial charge in [-0.15, -0.1) is 0 Å². The van der Waals surface area contributed by atoms with Crippen LogP contribution in [-0.2, 0) is 0 Å². The number of nitrogens with two attached hydrogens (primary N) is 1. The highest BCUT2D eigenvalue weighted by atomic mass is 35.5. The molecule has 0 fully saturated rings. The van der Waals surface area contributed by atoms with E-state index in [0.29, 0.717) is 11.3 Å². The first-order valence-electron chi connectivity index (χ1n) is 4.26. The molecule has 0 amide bonds. The molecule has 5 heteroatoms. The Kier molecular flexibility index (Phi) is 2.36. The maximum atomic E-state index is 13.6. The van der Waals surface area contributed by atoms with Crippen LogP contribution in [0.1, 0.15) is 5.56 Å². The average Bonchev–Trinajstić information content (AvgIpc) is 2.58. The fourth-order valence-electron chi connectivity index (χ4n) is 1.33. The van der Waals surface area contributed by atoms with Crippen molar-refractivity contribution in [2.45, 2.75) is 6.92 Å². The summed E-state index contributed by atoms with van der Waals surface area (Å²) in [6.45, 7) is 1.82. The second-order valence-electron chi connectivity index (χ2n) is 3.22. The Morgan fingerprint density at radius 2 is 2.13 bits per heavy atom. The Morgan fingerprint density at radius 3 is 2.73 bits per heavy atom. The highest BCUT2D eigenvalue weighted by Gasteiger charge is 2.13. The smallest absolute Gasteiger partial charge is 0.222 e. The quantitative estimate of drug-likeness (QED) is 0.813. The fourth-order valence-corrected chi connectivity index (χ4v) is 1.60. The molecule has 0 bridgehead atoms. The Bertz CT molecular complexity index is 510. The number of aromatic nitrogens is 1. The van der Waals surface area contributed by atoms with Gasteiger partial charge in [-0.25, -0.2) is 4.39 Å². The summed E-state index contributed by atoms with van der Waals surface area (Å²) in [6, 6.07) is 4.64. The molecule has 1 aromatic carbocycles. The summed E-state index contributed by atoms with van der Waals surface area (Å²) in [6.07, 6.45) is 0. The predicted molar refractivity (Wildman–Crippen MR) is 56.1 cm³/mol. The summed E-state index contributed by atoms with van der Waals surface area (Å²) >= 11 is 5.71. The third-order valence-corrected chi connectivity index (χ3v) is 2.25. The van der Waals surface area contributed by atoms with E-state index in [4.69, 9.17) is 17.3 Å². The third kappa shape index (κ3) is 1.80. The van der Waals surface area contributed by atoms with E-state index >= 15 is 0 Å². The first-order chi connectivity index (χ1) is 7.08. The minimum Gasteiger partial charge on any atom is -0.368 e. The number of aryl methyl sites for hydroxylation is 1. The van der Waals surface area contributed by atoms with Crippen molar-refractivity contribution in [3.8, 4) is 11.3 Å². The monoisotopic (exact) mass is 226 g/mol. The molecule has 2 aromatic rings. The van der Waals surface area contributed by atoms with Gasteiger partial charge in [-0.2, -0.15) is 0 Å². The van der Waals surface area contributed by atoms with Gasteiger partial charge in [0, 0.05) is 11.6 Å². The molecule has 0 saturated heterocycles. The van der Waals surface area contributed by atoms with Crippen molar-refractivity contribution in [2.24, 2.45) is 0 Å². The van der Waals surface area contributed by atoms with E-state index in [1.165, 1.54) is 6.07 Å². The van der Waals surface area contributed by atoms with Crippen LogP contribution in [-0.4, -0.2) is 5.16 Å². The third-order valence-electron chi connectivity index (χ3n) is 1.98. The maximum absolute atomic E-state index is 13.6. The summed E-state index contributed by atoms with van der Waals surface area (Å²) in [7, 11) is 0. The summed E-state index contributed by atoms with van der Waals surface area (Å²) < 4.78 is 18.3. The first-order valence-corrected chi connectivity index (χ1v) is 4.64. The molecule has 0 aliphatic heterocycles. The van der Waals surface area contributed by atoms with Crippen LogP contribution in [0, 0.1) is 12.7 Å². The number of hydrogen-bond donors (Lipinski definition) is 1. The number of hydrogen-bond acceptors (Lipinski definition) is 3. The number of rotatable bonds is 1. The molecule has 0 aliphatic rings. The largest absolute Gasteiger partial charge is 0.368 e. The lowest BCUT2D eigenvalue weighted by Crippen LogP contribution is -1.87. The molecule has 1 heterocycles. The lowest BCUT2D eigenvalue weighted by atomic mass is 10.1. The first kappa shape index (κ1) is 9.98. The molecule has 3 nitrogen and oxygen atoms in total. The van der Waals surface area contributed by atoms with Crippen molar-refractivity contribution < 1.29 is 8.91 Å². The van der Waals surface area contributed by atoms with Crippen molar-refractivity contribution >= 4 is 17.5 Å². The van der Waals surface area contributed by atoms with Gasteiger partial charge in [0.1, 0.15) is 5.69 Å². The zero-order valence-corrected chi connectivity index (χ0v) is 8.68. The molecule has 1 aromatic heterocycles. The Balaban J connectivity index is 2.62. The van der Waals surface area contributed by atoms with E-state index in [1.807, 2.05) is 6.92 Å². The molecule has 0 radical (unpaired) electrons. The van der Waals surface area contributed by atoms with Gasteiger partial charge in [-0.1, -0.05) is 16.8 Å². The number of nitrogen functional groups attached to an aromatic ring is 1. The number of halogens is 2. The molecular weight excluding hydrogens is 219 g/mol. The van der Waals surface area contributed by atoms with Gasteiger partial charge >= 0.3 is 0 Å². The average molecular weight is 227 g/mol. The molecule has 78 valence electrons. The van der Waals surface area contributed by atoms with Gasteiger partial charge in [-0.05, 0) is 24.6 Å². The standard InChI is InChI=1S/C10H8ClFN2O/c1-5-2-6(10(12)7(11)3-5)8-4-9(13)15-14-8/h2-4H,13H2,1H3. The maximum Gasteiger partial charge on any atom is 0.222 e. The lowest BCUT2D eigenvalue weighted by Gasteiger charge is -2.02. The van der Waals surface area contributed by atoms with Gasteiger partial charge in [0.25, 0.3) is 0 Å². The van der Waals surface area contributed by atoms with Crippen LogP contribution in [0.25, 0.3) is 11.3 Å². The Labute approximate surface area is 90.6 Å². The molecule has 0 atom stereocenters. The van der Waals surface area contributed by atoms with Crippen molar-refractivity contribution in [3.05, 3.63) is 34.6 Å². The zero-order chi connectivity index (χ0) is 11.0. The molecule has 15 heavy (non-hydrogen) atoms. The zero-order valence-electron chi connectivity index (χ0n) is 7.92. The second kappa shape index (κ2) is 3.55. The van der Waals surface area contributed by atoms with Gasteiger partial charge < -0.3 is 10.3 Å². The molecule has 0 unspecified atom stereocenters. The summed E-state index contributed by atoms with van der Waals surface area (Å²) in [5.74, 6) is -0.377. The molecule has 2 rings (SSSR count). The van der Waals surface area contributed by atoms with E-state index in [2.05, 4.69) is 9.68 Å². The van der Waals surface area contributed by atoms with E-state index in [-0.39, 0.29) is 10.9 Å². The predicted octanol–water partition coefficient (Wildman–Crippen LogP) is 3.02. The molecule has 0 spiro atoms. The molecular formula is C10H8ClFN2O. The van der Waals surface area contributed by atoms with Crippen LogP contribution >= 0.6 is 11.6 Å². The van der Waals surface area contributed by atoms with Crippen molar-refractivity contribution in [3.63, 3.8) is 0 Å². The summed E-state index contributed by atoms with van der Waals surface area (Å²) in [5, 5.41) is 3.69. The SMILES string of the molecule is Cc1cc(Cl)c(F)c(-c2cc(N)on2)c1. The number of benzene rings is 1. The van der Waals surface area contributed by atoms with Crippen LogP contribution in [0.4, 0.5) is 10.3 Å². The molecule has 0 saturated carbocycles. The topological polar surface area (TPSA) is 52.0 Å². The van der Waals surface area contributed by atoms with Crippen LogP contribution < -0.4 is 5.73 Å². The van der Waals surface area contributed by atoms with Gasteiger partial charge in [0.05, 0.1) is 5.02 Å². The molecule has 2 N–H and O–H groups in total. The van der Waals surface area contributed by atoms with Crippen LogP contribution in [0.2, 0.25) is 5.02 Å². The highest BCUT2D eigenvalue weighted by Crippen LogP contribution is 2.29. The Hall–Kier alpha value is -1.55. The Morgan fingerprint density at radius 1 is 1.40 bits per heavy atom. The van der Waals surface area contributed by atoms with Crippen LogP contribution in [0.3, 0.4) is 0 Å². The van der Waals surface area contributed by atoms with Crippen molar-refractivity contribution in [1.82, 2.24) is 5.16 Å². The summed E-state index contributed by atoms with van der Waals surface area (Å²) in [5.41, 5.74) is 6.84. The van der Waals surface area contributed by atoms with E-state index < -0.39 is 5.82 Å². The van der Waals surface area contributed by atoms with E-state index in [0.717, 1.165) is 5.56 Å². The van der Waals surface area contributed by atoms with E-state index in [9.17, 15) is 4.39 Å². The minimum atomic E-state index is -0.518. The minimum absolute atomic E-state index is 0.0616. The van der Waals surface area contributed by atoms with E-state index in [1.54, 1.807) is 12.1 Å². The fraction of sp³-hybridized carbons (Fsp3) is 0.100. The normalized spacial score (nSPS) is 10.6. The van der Waals surface area contributed by atoms with Gasteiger partial charge in [0.15, 0.2) is 5.82 Å². The van der Waals surface area contributed by atoms with Crippen molar-refractivity contribution in [2.75, 3.05) is 5.73 Å². The lowest BCUT2D eigenvalue weighted by molar-refractivity contribution is 0.438. The van der Waals surface area contributed by atoms with Crippen LogP contribution in [0.5, 0.6) is 0 Å². The van der Waals surface area contributed by atoms with Crippen molar-refractivity contribution in [1.29, 1.82) is 0 Å². The number of nitrogens with zero attached hydrogens (tertiary/aromatic N) is 1. The van der Waals surface area contributed by atoms with Gasteiger partial charge in [0.2, 0.25) is 5.88 Å².